The van der Waals surface area contributed by atoms with E-state index in [-0.39, 0.29) is 10.9 Å². The van der Waals surface area contributed by atoms with Gasteiger partial charge in [-0.15, -0.1) is 0 Å². The zero-order valence-corrected chi connectivity index (χ0v) is 12.9. The van der Waals surface area contributed by atoms with Gasteiger partial charge in [-0.25, -0.2) is 0 Å². The molecule has 4 nitrogen and oxygen atoms in total. The van der Waals surface area contributed by atoms with E-state index in [0.29, 0.717) is 11.4 Å². The van der Waals surface area contributed by atoms with Crippen molar-refractivity contribution in [2.45, 2.75) is 19.3 Å². The Morgan fingerprint density at radius 1 is 1.53 bits per heavy atom. The van der Waals surface area contributed by atoms with Gasteiger partial charge in [0.25, 0.3) is 0 Å². The number of methoxy groups -OCH3 is 1. The lowest BCUT2D eigenvalue weighted by atomic mass is 9.68. The Morgan fingerprint density at radius 3 is 2.68 bits per heavy atom. The van der Waals surface area contributed by atoms with Crippen LogP contribution in [-0.4, -0.2) is 18.0 Å². The van der Waals surface area contributed by atoms with Crippen molar-refractivity contribution in [3.05, 3.63) is 22.7 Å². The minimum Gasteiger partial charge on any atom is -0.497 e. The zero-order chi connectivity index (χ0) is 14.0. The molecule has 1 fully saturated rings. The monoisotopic (exact) mass is 342 g/mol. The molecule has 2 rings (SSSR count). The molecule has 0 bridgehead atoms. The number of amides is 1. The molecule has 0 radical (unpaired) electrons. The van der Waals surface area contributed by atoms with E-state index in [2.05, 4.69) is 21.2 Å². The van der Waals surface area contributed by atoms with E-state index in [1.54, 1.807) is 13.2 Å². The zero-order valence-electron chi connectivity index (χ0n) is 10.5. The average Bonchev–Trinajstić information content (AvgIpc) is 2.30. The van der Waals surface area contributed by atoms with Gasteiger partial charge < -0.3 is 15.8 Å². The summed E-state index contributed by atoms with van der Waals surface area (Å²) >= 11 is 8.43. The lowest BCUT2D eigenvalue weighted by Crippen LogP contribution is -2.50. The third-order valence-corrected chi connectivity index (χ3v) is 4.62. The number of nitrogens with one attached hydrogen (secondary N) is 1. The minimum atomic E-state index is -0.683. The molecule has 0 saturated heterocycles. The Balaban J connectivity index is 2.21. The van der Waals surface area contributed by atoms with Crippen molar-refractivity contribution in [3.8, 4) is 5.75 Å². The molecule has 0 aliphatic heterocycles. The fourth-order valence-electron chi connectivity index (χ4n) is 2.08. The highest BCUT2D eigenvalue weighted by Crippen LogP contribution is 2.42. The van der Waals surface area contributed by atoms with Crippen LogP contribution in [0.1, 0.15) is 19.3 Å². The number of halogens is 1. The number of hydrogen-bond donors (Lipinski definition) is 2. The summed E-state index contributed by atoms with van der Waals surface area (Å²) in [4.78, 5) is 12.6. The van der Waals surface area contributed by atoms with Crippen LogP contribution in [0, 0.1) is 5.41 Å². The van der Waals surface area contributed by atoms with Gasteiger partial charge in [-0.05, 0) is 40.9 Å². The highest BCUT2D eigenvalue weighted by molar-refractivity contribution is 9.10. The standard InChI is InChI=1S/C13H15BrN2O2S/c1-18-8-3-4-9(14)10(7-8)16-12(17)13(11(15)19)5-2-6-13/h3-4,7H,2,5-6H2,1H3,(H2,15,19)(H,16,17). The molecule has 1 aromatic carbocycles. The normalized spacial score (nSPS) is 16.3. The van der Waals surface area contributed by atoms with E-state index in [0.717, 1.165) is 23.7 Å². The first-order valence-corrected chi connectivity index (χ1v) is 7.14. The number of carbonyl (C=O) groups excluding carboxylic acids is 1. The van der Waals surface area contributed by atoms with Crippen LogP contribution in [0.25, 0.3) is 0 Å². The first-order valence-electron chi connectivity index (χ1n) is 5.94. The molecule has 1 amide bonds. The number of hydrogen-bond acceptors (Lipinski definition) is 3. The molecular weight excluding hydrogens is 328 g/mol. The largest absolute Gasteiger partial charge is 0.497 e. The third kappa shape index (κ3) is 2.60. The molecule has 1 aliphatic carbocycles. The van der Waals surface area contributed by atoms with E-state index in [1.807, 2.05) is 12.1 Å². The Kier molecular flexibility index (Phi) is 4.10. The van der Waals surface area contributed by atoms with Crippen LogP contribution in [0.2, 0.25) is 0 Å². The maximum atomic E-state index is 12.4. The van der Waals surface area contributed by atoms with Crippen LogP contribution in [0.4, 0.5) is 5.69 Å². The van der Waals surface area contributed by atoms with Crippen molar-refractivity contribution in [1.82, 2.24) is 0 Å². The van der Waals surface area contributed by atoms with Gasteiger partial charge in [-0.2, -0.15) is 0 Å². The third-order valence-electron chi connectivity index (χ3n) is 3.54. The molecule has 19 heavy (non-hydrogen) atoms. The molecule has 1 aromatic rings. The van der Waals surface area contributed by atoms with E-state index in [9.17, 15) is 4.79 Å². The van der Waals surface area contributed by atoms with Gasteiger partial charge in [0.2, 0.25) is 5.91 Å². The van der Waals surface area contributed by atoms with Crippen molar-refractivity contribution < 1.29 is 9.53 Å². The first kappa shape index (κ1) is 14.3. The predicted molar refractivity (Wildman–Crippen MR) is 82.4 cm³/mol. The second kappa shape index (κ2) is 5.46. The fourth-order valence-corrected chi connectivity index (χ4v) is 2.73. The summed E-state index contributed by atoms with van der Waals surface area (Å²) in [5, 5.41) is 2.88. The summed E-state index contributed by atoms with van der Waals surface area (Å²) in [5.41, 5.74) is 5.69. The van der Waals surface area contributed by atoms with E-state index < -0.39 is 5.41 Å². The summed E-state index contributed by atoms with van der Waals surface area (Å²) in [6, 6.07) is 5.39. The van der Waals surface area contributed by atoms with Crippen molar-refractivity contribution in [2.75, 3.05) is 12.4 Å². The van der Waals surface area contributed by atoms with Gasteiger partial charge in [-0.1, -0.05) is 18.6 Å². The lowest BCUT2D eigenvalue weighted by molar-refractivity contribution is -0.125. The molecule has 0 atom stereocenters. The second-order valence-electron chi connectivity index (χ2n) is 4.60. The molecule has 0 heterocycles. The summed E-state index contributed by atoms with van der Waals surface area (Å²) in [6.45, 7) is 0. The quantitative estimate of drug-likeness (QED) is 0.825. The van der Waals surface area contributed by atoms with E-state index >= 15 is 0 Å². The molecular formula is C13H15BrN2O2S. The van der Waals surface area contributed by atoms with Crippen molar-refractivity contribution in [2.24, 2.45) is 11.1 Å². The highest BCUT2D eigenvalue weighted by atomic mass is 79.9. The Hall–Kier alpha value is -1.14. The average molecular weight is 343 g/mol. The van der Waals surface area contributed by atoms with Gasteiger partial charge in [0.05, 0.1) is 23.2 Å². The molecule has 1 saturated carbocycles. The maximum Gasteiger partial charge on any atom is 0.237 e. The molecule has 0 aromatic heterocycles. The van der Waals surface area contributed by atoms with Gasteiger partial charge in [0, 0.05) is 10.5 Å². The van der Waals surface area contributed by atoms with Crippen LogP contribution in [0.15, 0.2) is 22.7 Å². The minimum absolute atomic E-state index is 0.139. The number of carbonyl (C=O) groups is 1. The number of anilines is 1. The molecule has 1 aliphatic rings. The van der Waals surface area contributed by atoms with Crippen LogP contribution < -0.4 is 15.8 Å². The second-order valence-corrected chi connectivity index (χ2v) is 5.89. The molecule has 102 valence electrons. The Bertz CT molecular complexity index is 529. The molecule has 0 spiro atoms. The summed E-state index contributed by atoms with van der Waals surface area (Å²) in [5.74, 6) is 0.539. The van der Waals surface area contributed by atoms with Crippen molar-refractivity contribution in [3.63, 3.8) is 0 Å². The molecule has 6 heteroatoms. The Labute approximate surface area is 125 Å². The molecule has 3 N–H and O–H groups in total. The van der Waals surface area contributed by atoms with E-state index in [4.69, 9.17) is 22.7 Å². The van der Waals surface area contributed by atoms with Crippen LogP contribution in [-0.2, 0) is 4.79 Å². The van der Waals surface area contributed by atoms with Gasteiger partial charge >= 0.3 is 0 Å². The number of benzene rings is 1. The lowest BCUT2D eigenvalue weighted by Gasteiger charge is -2.39. The molecule has 0 unspecified atom stereocenters. The maximum absolute atomic E-state index is 12.4. The van der Waals surface area contributed by atoms with Gasteiger partial charge in [-0.3, -0.25) is 4.79 Å². The fraction of sp³-hybridized carbons (Fsp3) is 0.385. The number of nitrogens with two attached hydrogens (primary N) is 1. The Morgan fingerprint density at radius 2 is 2.21 bits per heavy atom. The van der Waals surface area contributed by atoms with Gasteiger partial charge in [0.1, 0.15) is 5.75 Å². The van der Waals surface area contributed by atoms with Crippen molar-refractivity contribution >= 4 is 44.7 Å². The number of rotatable bonds is 4. The van der Waals surface area contributed by atoms with Crippen molar-refractivity contribution in [1.29, 1.82) is 0 Å². The smallest absolute Gasteiger partial charge is 0.237 e. The highest BCUT2D eigenvalue weighted by Gasteiger charge is 2.47. The van der Waals surface area contributed by atoms with Crippen LogP contribution in [0.5, 0.6) is 5.75 Å². The van der Waals surface area contributed by atoms with Gasteiger partial charge in [0.15, 0.2) is 0 Å². The first-order chi connectivity index (χ1) is 8.99. The number of thiocarbonyl (C=S) groups is 1. The topological polar surface area (TPSA) is 64.3 Å². The predicted octanol–water partition coefficient (Wildman–Crippen LogP) is 2.85. The van der Waals surface area contributed by atoms with E-state index in [1.165, 1.54) is 0 Å². The SMILES string of the molecule is COc1ccc(Br)c(NC(=O)C2(C(N)=S)CCC2)c1. The van der Waals surface area contributed by atoms with Crippen LogP contribution in [0.3, 0.4) is 0 Å². The van der Waals surface area contributed by atoms with Crippen LogP contribution >= 0.6 is 28.1 Å². The summed E-state index contributed by atoms with van der Waals surface area (Å²) in [7, 11) is 1.58. The summed E-state index contributed by atoms with van der Waals surface area (Å²) in [6.07, 6.45) is 2.41. The summed E-state index contributed by atoms with van der Waals surface area (Å²) < 4.78 is 5.93. The number of ether oxygens (including phenoxy) is 1.